The molecule has 1 amide bonds. The summed E-state index contributed by atoms with van der Waals surface area (Å²) < 4.78 is 1.03. The summed E-state index contributed by atoms with van der Waals surface area (Å²) >= 11 is 3.39. The number of carbonyl (C=O) groups excluding carboxylic acids is 1. The van der Waals surface area contributed by atoms with E-state index in [0.717, 1.165) is 16.5 Å². The molecule has 0 aliphatic carbocycles. The maximum Gasteiger partial charge on any atom is 0.224 e. The number of hydrogen-bond donors (Lipinski definition) is 1. The molecule has 0 saturated carbocycles. The van der Waals surface area contributed by atoms with Gasteiger partial charge in [-0.2, -0.15) is 0 Å². The third kappa shape index (κ3) is 6.76. The molecule has 0 heterocycles. The average molecular weight is 326 g/mol. The van der Waals surface area contributed by atoms with Gasteiger partial charge in [-0.1, -0.05) is 48.8 Å². The van der Waals surface area contributed by atoms with Crippen molar-refractivity contribution in [3.8, 4) is 0 Å². The molecular formula is C16H24BrNO. The first-order chi connectivity index (χ1) is 8.57. The van der Waals surface area contributed by atoms with Crippen molar-refractivity contribution in [3.05, 3.63) is 34.3 Å². The lowest BCUT2D eigenvalue weighted by atomic mass is 9.81. The van der Waals surface area contributed by atoms with Crippen LogP contribution >= 0.6 is 15.9 Å². The van der Waals surface area contributed by atoms with Gasteiger partial charge in [0.2, 0.25) is 5.91 Å². The quantitative estimate of drug-likeness (QED) is 0.877. The highest BCUT2D eigenvalue weighted by molar-refractivity contribution is 9.10. The number of hydrogen-bond acceptors (Lipinski definition) is 1. The zero-order valence-electron chi connectivity index (χ0n) is 12.5. The second-order valence-corrected chi connectivity index (χ2v) is 7.89. The maximum absolute atomic E-state index is 12.1. The van der Waals surface area contributed by atoms with Gasteiger partial charge in [0.15, 0.2) is 0 Å². The summed E-state index contributed by atoms with van der Waals surface area (Å²) in [5.41, 5.74) is 1.06. The number of rotatable bonds is 4. The van der Waals surface area contributed by atoms with Crippen LogP contribution in [0.3, 0.4) is 0 Å². The number of benzene rings is 1. The molecule has 0 unspecified atom stereocenters. The van der Waals surface area contributed by atoms with Crippen LogP contribution in [-0.2, 0) is 11.2 Å². The molecule has 1 aromatic carbocycles. The van der Waals surface area contributed by atoms with Crippen LogP contribution in [-0.4, -0.2) is 11.4 Å². The summed E-state index contributed by atoms with van der Waals surface area (Å²) in [4.78, 5) is 12.1. The SMILES string of the molecule is CC(C)(C)CC(C)(C)NC(=O)Cc1ccc(Br)cc1. The van der Waals surface area contributed by atoms with Crippen LogP contribution in [0.25, 0.3) is 0 Å². The molecule has 1 rings (SSSR count). The first-order valence-electron chi connectivity index (χ1n) is 6.63. The highest BCUT2D eigenvalue weighted by atomic mass is 79.9. The van der Waals surface area contributed by atoms with Crippen LogP contribution in [0.4, 0.5) is 0 Å². The molecule has 106 valence electrons. The van der Waals surface area contributed by atoms with E-state index in [-0.39, 0.29) is 16.9 Å². The van der Waals surface area contributed by atoms with Crippen molar-refractivity contribution in [2.75, 3.05) is 0 Å². The topological polar surface area (TPSA) is 29.1 Å². The predicted octanol–water partition coefficient (Wildman–Crippen LogP) is 4.32. The lowest BCUT2D eigenvalue weighted by Gasteiger charge is -2.33. The molecule has 0 bridgehead atoms. The first-order valence-corrected chi connectivity index (χ1v) is 7.42. The fourth-order valence-corrected chi connectivity index (χ4v) is 2.84. The predicted molar refractivity (Wildman–Crippen MR) is 84.1 cm³/mol. The Morgan fingerprint density at radius 3 is 2.11 bits per heavy atom. The summed E-state index contributed by atoms with van der Waals surface area (Å²) in [6.45, 7) is 10.7. The molecule has 0 spiro atoms. The lowest BCUT2D eigenvalue weighted by Crippen LogP contribution is -2.46. The van der Waals surface area contributed by atoms with Gasteiger partial charge < -0.3 is 5.32 Å². The molecular weight excluding hydrogens is 302 g/mol. The zero-order chi connectivity index (χ0) is 14.7. The Hall–Kier alpha value is -0.830. The minimum absolute atomic E-state index is 0.0802. The van der Waals surface area contributed by atoms with Gasteiger partial charge in [-0.25, -0.2) is 0 Å². The van der Waals surface area contributed by atoms with Gasteiger partial charge in [-0.3, -0.25) is 4.79 Å². The first kappa shape index (κ1) is 16.2. The van der Waals surface area contributed by atoms with Crippen LogP contribution in [0, 0.1) is 5.41 Å². The zero-order valence-corrected chi connectivity index (χ0v) is 14.1. The van der Waals surface area contributed by atoms with Gasteiger partial charge in [0.05, 0.1) is 6.42 Å². The normalized spacial score (nSPS) is 12.3. The van der Waals surface area contributed by atoms with Crippen LogP contribution < -0.4 is 5.32 Å². The summed E-state index contributed by atoms with van der Waals surface area (Å²) in [6, 6.07) is 7.87. The minimum atomic E-state index is -0.176. The molecule has 0 aromatic heterocycles. The lowest BCUT2D eigenvalue weighted by molar-refractivity contribution is -0.122. The van der Waals surface area contributed by atoms with E-state index in [1.807, 2.05) is 24.3 Å². The van der Waals surface area contributed by atoms with E-state index in [1.54, 1.807) is 0 Å². The molecule has 19 heavy (non-hydrogen) atoms. The monoisotopic (exact) mass is 325 g/mol. The third-order valence-electron chi connectivity index (χ3n) is 2.73. The van der Waals surface area contributed by atoms with E-state index >= 15 is 0 Å². The number of carbonyl (C=O) groups is 1. The van der Waals surface area contributed by atoms with Gasteiger partial charge in [-0.15, -0.1) is 0 Å². The molecule has 1 aromatic rings. The highest BCUT2D eigenvalue weighted by Crippen LogP contribution is 2.26. The van der Waals surface area contributed by atoms with Crippen molar-refractivity contribution in [1.29, 1.82) is 0 Å². The Kier molecular flexibility index (Phi) is 5.19. The second-order valence-electron chi connectivity index (χ2n) is 6.97. The highest BCUT2D eigenvalue weighted by Gasteiger charge is 2.26. The Labute approximate surface area is 125 Å². The van der Waals surface area contributed by atoms with Gasteiger partial charge in [0, 0.05) is 10.0 Å². The van der Waals surface area contributed by atoms with E-state index in [0.29, 0.717) is 6.42 Å². The Bertz CT molecular complexity index is 429. The molecule has 0 aliphatic heterocycles. The van der Waals surface area contributed by atoms with Crippen LogP contribution in [0.5, 0.6) is 0 Å². The van der Waals surface area contributed by atoms with Gasteiger partial charge in [0.1, 0.15) is 0 Å². The van der Waals surface area contributed by atoms with Crippen molar-refractivity contribution in [2.24, 2.45) is 5.41 Å². The summed E-state index contributed by atoms with van der Waals surface area (Å²) in [5.74, 6) is 0.0802. The molecule has 3 heteroatoms. The molecule has 0 fully saturated rings. The summed E-state index contributed by atoms with van der Waals surface area (Å²) in [7, 11) is 0. The van der Waals surface area contributed by atoms with Crippen LogP contribution in [0.15, 0.2) is 28.7 Å². The average Bonchev–Trinajstić information content (AvgIpc) is 2.16. The molecule has 0 atom stereocenters. The number of halogens is 1. The van der Waals surface area contributed by atoms with Gasteiger partial charge >= 0.3 is 0 Å². The second kappa shape index (κ2) is 6.08. The molecule has 1 N–H and O–H groups in total. The Balaban J connectivity index is 2.57. The van der Waals surface area contributed by atoms with E-state index in [1.165, 1.54) is 0 Å². The minimum Gasteiger partial charge on any atom is -0.351 e. The van der Waals surface area contributed by atoms with Crippen molar-refractivity contribution in [1.82, 2.24) is 5.32 Å². The van der Waals surface area contributed by atoms with E-state index in [2.05, 4.69) is 55.9 Å². The third-order valence-corrected chi connectivity index (χ3v) is 3.26. The van der Waals surface area contributed by atoms with Gasteiger partial charge in [0.25, 0.3) is 0 Å². The smallest absolute Gasteiger partial charge is 0.224 e. The van der Waals surface area contributed by atoms with Crippen molar-refractivity contribution in [2.45, 2.75) is 53.0 Å². The Morgan fingerprint density at radius 2 is 1.63 bits per heavy atom. The van der Waals surface area contributed by atoms with Crippen molar-refractivity contribution >= 4 is 21.8 Å². The summed E-state index contributed by atoms with van der Waals surface area (Å²) in [6.07, 6.45) is 1.38. The van der Waals surface area contributed by atoms with E-state index < -0.39 is 0 Å². The maximum atomic E-state index is 12.1. The number of nitrogens with one attached hydrogen (secondary N) is 1. The largest absolute Gasteiger partial charge is 0.351 e. The standard InChI is InChI=1S/C16H24BrNO/c1-15(2,3)11-16(4,5)18-14(19)10-12-6-8-13(17)9-7-12/h6-9H,10-11H2,1-5H3,(H,18,19). The summed E-state index contributed by atoms with van der Waals surface area (Å²) in [5, 5.41) is 3.13. The van der Waals surface area contributed by atoms with Crippen LogP contribution in [0.1, 0.15) is 46.6 Å². The fraction of sp³-hybridized carbons (Fsp3) is 0.562. The van der Waals surface area contributed by atoms with Gasteiger partial charge in [-0.05, 0) is 43.4 Å². The molecule has 0 radical (unpaired) electrons. The fourth-order valence-electron chi connectivity index (χ4n) is 2.58. The molecule has 0 aliphatic rings. The van der Waals surface area contributed by atoms with Crippen LogP contribution in [0.2, 0.25) is 0 Å². The molecule has 0 saturated heterocycles. The Morgan fingerprint density at radius 1 is 1.11 bits per heavy atom. The van der Waals surface area contributed by atoms with Crippen molar-refractivity contribution < 1.29 is 4.79 Å². The van der Waals surface area contributed by atoms with E-state index in [9.17, 15) is 4.79 Å². The van der Waals surface area contributed by atoms with Crippen molar-refractivity contribution in [3.63, 3.8) is 0 Å². The number of amides is 1. The molecule has 2 nitrogen and oxygen atoms in total. The van der Waals surface area contributed by atoms with E-state index in [4.69, 9.17) is 0 Å².